The first-order chi connectivity index (χ1) is 11.5. The van der Waals surface area contributed by atoms with Gasteiger partial charge in [0.25, 0.3) is 0 Å². The number of ether oxygens (including phenoxy) is 2. The van der Waals surface area contributed by atoms with Crippen LogP contribution in [0.25, 0.3) is 0 Å². The molecule has 0 heterocycles. The molecule has 0 aliphatic carbocycles. The van der Waals surface area contributed by atoms with Gasteiger partial charge in [0.1, 0.15) is 17.1 Å². The number of anilines is 1. The Bertz CT molecular complexity index is 681. The van der Waals surface area contributed by atoms with Crippen LogP contribution in [0.2, 0.25) is 0 Å². The summed E-state index contributed by atoms with van der Waals surface area (Å²) in [6, 6.07) is 12.9. The number of esters is 1. The van der Waals surface area contributed by atoms with Crippen molar-refractivity contribution in [3.63, 3.8) is 0 Å². The number of carbonyl (C=O) groups excluding carboxylic acids is 1. The van der Waals surface area contributed by atoms with Crippen molar-refractivity contribution < 1.29 is 14.3 Å². The fraction of sp³-hybridized carbons (Fsp3) is 0.350. The molecular weight excluding hydrogens is 302 g/mol. The first-order valence-electron chi connectivity index (χ1n) is 8.25. The largest absolute Gasteiger partial charge is 0.493 e. The third-order valence-electron chi connectivity index (χ3n) is 3.79. The van der Waals surface area contributed by atoms with Gasteiger partial charge in [0.2, 0.25) is 0 Å². The van der Waals surface area contributed by atoms with E-state index in [2.05, 4.69) is 6.92 Å². The maximum Gasteiger partial charge on any atom is 0.347 e. The van der Waals surface area contributed by atoms with E-state index in [4.69, 9.17) is 9.47 Å². The molecule has 0 aliphatic heterocycles. The van der Waals surface area contributed by atoms with Crippen molar-refractivity contribution in [1.82, 2.24) is 0 Å². The first kappa shape index (κ1) is 17.9. The molecule has 0 saturated carbocycles. The maximum absolute atomic E-state index is 12.7. The van der Waals surface area contributed by atoms with E-state index in [0.717, 1.165) is 24.1 Å². The van der Waals surface area contributed by atoms with Gasteiger partial charge in [-0.15, -0.1) is 0 Å². The van der Waals surface area contributed by atoms with Gasteiger partial charge >= 0.3 is 5.97 Å². The van der Waals surface area contributed by atoms with Gasteiger partial charge < -0.3 is 14.4 Å². The van der Waals surface area contributed by atoms with Gasteiger partial charge in [-0.3, -0.25) is 0 Å². The fourth-order valence-corrected chi connectivity index (χ4v) is 2.51. The fourth-order valence-electron chi connectivity index (χ4n) is 2.51. The van der Waals surface area contributed by atoms with Crippen LogP contribution in [0.3, 0.4) is 0 Å². The molecule has 2 aromatic rings. The molecule has 0 amide bonds. The molecule has 0 aliphatic rings. The molecule has 0 aromatic heterocycles. The Morgan fingerprint density at radius 2 is 1.79 bits per heavy atom. The van der Waals surface area contributed by atoms with Crippen molar-refractivity contribution in [2.45, 2.75) is 26.7 Å². The molecular formula is C20H25NO3. The zero-order chi connectivity index (χ0) is 17.5. The molecule has 128 valence electrons. The summed E-state index contributed by atoms with van der Waals surface area (Å²) in [6.45, 7) is 4.61. The second-order valence-corrected chi connectivity index (χ2v) is 5.88. The minimum Gasteiger partial charge on any atom is -0.493 e. The minimum absolute atomic E-state index is 0.395. The predicted octanol–water partition coefficient (Wildman–Crippen LogP) is 4.46. The zero-order valence-corrected chi connectivity index (χ0v) is 14.8. The number of unbranched alkanes of at least 4 members (excludes halogenated alkanes) is 1. The summed E-state index contributed by atoms with van der Waals surface area (Å²) in [5.41, 5.74) is 2.31. The molecule has 2 aromatic carbocycles. The SMILES string of the molecule is CCCCOc1ccc(N(C)C)c(C)c1C(=O)Oc1ccccc1. The van der Waals surface area contributed by atoms with Gasteiger partial charge in [-0.1, -0.05) is 31.5 Å². The zero-order valence-electron chi connectivity index (χ0n) is 14.8. The highest BCUT2D eigenvalue weighted by atomic mass is 16.5. The highest BCUT2D eigenvalue weighted by Gasteiger charge is 2.21. The summed E-state index contributed by atoms with van der Waals surface area (Å²) in [5.74, 6) is 0.707. The van der Waals surface area contributed by atoms with Gasteiger partial charge in [-0.2, -0.15) is 0 Å². The second-order valence-electron chi connectivity index (χ2n) is 5.88. The number of rotatable bonds is 7. The minimum atomic E-state index is -0.395. The molecule has 0 N–H and O–H groups in total. The lowest BCUT2D eigenvalue weighted by atomic mass is 10.0. The average molecular weight is 327 g/mol. The second kappa shape index (κ2) is 8.39. The molecule has 0 atom stereocenters. The van der Waals surface area contributed by atoms with Crippen molar-refractivity contribution in [2.24, 2.45) is 0 Å². The van der Waals surface area contributed by atoms with Gasteiger partial charge in [0.15, 0.2) is 0 Å². The van der Waals surface area contributed by atoms with E-state index in [1.54, 1.807) is 12.1 Å². The maximum atomic E-state index is 12.7. The van der Waals surface area contributed by atoms with Crippen LogP contribution < -0.4 is 14.4 Å². The van der Waals surface area contributed by atoms with Gasteiger partial charge in [-0.25, -0.2) is 4.79 Å². The Labute approximate surface area is 144 Å². The van der Waals surface area contributed by atoms with E-state index < -0.39 is 5.97 Å². The van der Waals surface area contributed by atoms with Crippen LogP contribution in [-0.2, 0) is 0 Å². The van der Waals surface area contributed by atoms with E-state index in [-0.39, 0.29) is 0 Å². The van der Waals surface area contributed by atoms with Crippen LogP contribution >= 0.6 is 0 Å². The van der Waals surface area contributed by atoms with Crippen LogP contribution in [0.1, 0.15) is 35.7 Å². The first-order valence-corrected chi connectivity index (χ1v) is 8.25. The molecule has 4 heteroatoms. The van der Waals surface area contributed by atoms with Crippen LogP contribution in [0.5, 0.6) is 11.5 Å². The molecule has 24 heavy (non-hydrogen) atoms. The lowest BCUT2D eigenvalue weighted by Crippen LogP contribution is -2.17. The van der Waals surface area contributed by atoms with E-state index >= 15 is 0 Å². The summed E-state index contributed by atoms with van der Waals surface area (Å²) in [4.78, 5) is 14.7. The van der Waals surface area contributed by atoms with E-state index in [9.17, 15) is 4.79 Å². The van der Waals surface area contributed by atoms with Crippen LogP contribution in [0.15, 0.2) is 42.5 Å². The highest BCUT2D eigenvalue weighted by Crippen LogP contribution is 2.31. The predicted molar refractivity (Wildman–Crippen MR) is 97.3 cm³/mol. The molecule has 0 spiro atoms. The lowest BCUT2D eigenvalue weighted by Gasteiger charge is -2.20. The molecule has 4 nitrogen and oxygen atoms in total. The van der Waals surface area contributed by atoms with Crippen molar-refractivity contribution in [3.05, 3.63) is 53.6 Å². The average Bonchev–Trinajstić information content (AvgIpc) is 2.55. The topological polar surface area (TPSA) is 38.8 Å². The molecule has 0 radical (unpaired) electrons. The Morgan fingerprint density at radius 3 is 2.42 bits per heavy atom. The molecule has 0 unspecified atom stereocenters. The summed E-state index contributed by atoms with van der Waals surface area (Å²) in [6.07, 6.45) is 1.99. The number of nitrogens with zero attached hydrogens (tertiary/aromatic N) is 1. The molecule has 0 saturated heterocycles. The summed E-state index contributed by atoms with van der Waals surface area (Å²) >= 11 is 0. The Morgan fingerprint density at radius 1 is 1.08 bits per heavy atom. The monoisotopic (exact) mass is 327 g/mol. The standard InChI is InChI=1S/C20H25NO3/c1-5-6-14-23-18-13-12-17(21(3)4)15(2)19(18)20(22)24-16-10-8-7-9-11-16/h7-13H,5-6,14H2,1-4H3. The number of para-hydroxylation sites is 1. The third kappa shape index (κ3) is 4.28. The highest BCUT2D eigenvalue weighted by molar-refractivity contribution is 5.97. The summed E-state index contributed by atoms with van der Waals surface area (Å²) in [7, 11) is 3.90. The van der Waals surface area contributed by atoms with Crippen molar-refractivity contribution >= 4 is 11.7 Å². The third-order valence-corrected chi connectivity index (χ3v) is 3.79. The van der Waals surface area contributed by atoms with Gasteiger partial charge in [-0.05, 0) is 43.2 Å². The number of hydrogen-bond acceptors (Lipinski definition) is 4. The Kier molecular flexibility index (Phi) is 6.24. The van der Waals surface area contributed by atoms with Crippen molar-refractivity contribution in [3.8, 4) is 11.5 Å². The summed E-state index contributed by atoms with van der Waals surface area (Å²) in [5, 5.41) is 0. The number of carbonyl (C=O) groups is 1. The lowest BCUT2D eigenvalue weighted by molar-refractivity contribution is 0.0729. The Balaban J connectivity index is 2.35. The van der Waals surface area contributed by atoms with E-state index in [0.29, 0.717) is 23.7 Å². The molecule has 0 bridgehead atoms. The van der Waals surface area contributed by atoms with E-state index in [1.165, 1.54) is 0 Å². The van der Waals surface area contributed by atoms with Crippen molar-refractivity contribution in [2.75, 3.05) is 25.6 Å². The van der Waals surface area contributed by atoms with Crippen LogP contribution in [0, 0.1) is 6.92 Å². The summed E-state index contributed by atoms with van der Waals surface area (Å²) < 4.78 is 11.4. The van der Waals surface area contributed by atoms with Crippen molar-refractivity contribution in [1.29, 1.82) is 0 Å². The normalized spacial score (nSPS) is 10.3. The van der Waals surface area contributed by atoms with E-state index in [1.807, 2.05) is 56.3 Å². The van der Waals surface area contributed by atoms with Crippen LogP contribution in [0.4, 0.5) is 5.69 Å². The number of benzene rings is 2. The quantitative estimate of drug-likeness (QED) is 0.427. The van der Waals surface area contributed by atoms with Gasteiger partial charge in [0, 0.05) is 19.8 Å². The number of hydrogen-bond donors (Lipinski definition) is 0. The van der Waals surface area contributed by atoms with Crippen LogP contribution in [-0.4, -0.2) is 26.7 Å². The molecule has 2 rings (SSSR count). The Hall–Kier alpha value is -2.49. The van der Waals surface area contributed by atoms with Gasteiger partial charge in [0.05, 0.1) is 6.61 Å². The molecule has 0 fully saturated rings. The smallest absolute Gasteiger partial charge is 0.347 e.